The molecule has 0 aromatic heterocycles. The van der Waals surface area contributed by atoms with Gasteiger partial charge in [-0.1, -0.05) is 31.2 Å². The predicted octanol–water partition coefficient (Wildman–Crippen LogP) is 4.15. The predicted molar refractivity (Wildman–Crippen MR) is 93.8 cm³/mol. The molecule has 128 valence electrons. The van der Waals surface area contributed by atoms with Gasteiger partial charge in [0, 0.05) is 5.92 Å². The first kappa shape index (κ1) is 17.9. The highest BCUT2D eigenvalue weighted by atomic mass is 16.5. The fraction of sp³-hybridized carbons (Fsp3) is 0.350. The topological polar surface area (TPSA) is 44.8 Å². The molecular formula is C20H24O4. The molecule has 0 amide bonds. The minimum atomic E-state index is -0.362. The van der Waals surface area contributed by atoms with E-state index in [1.54, 1.807) is 14.2 Å². The van der Waals surface area contributed by atoms with Crippen LogP contribution in [0, 0.1) is 0 Å². The number of hydrogen-bond donors (Lipinski definition) is 0. The number of rotatable bonds is 7. The molecule has 2 aromatic carbocycles. The third-order valence-electron chi connectivity index (χ3n) is 4.32. The van der Waals surface area contributed by atoms with Crippen molar-refractivity contribution in [2.24, 2.45) is 0 Å². The van der Waals surface area contributed by atoms with Gasteiger partial charge in [0.05, 0.1) is 27.2 Å². The molecule has 0 bridgehead atoms. The Balaban J connectivity index is 2.40. The first-order valence-corrected chi connectivity index (χ1v) is 8.00. The summed E-state index contributed by atoms with van der Waals surface area (Å²) in [6, 6.07) is 15.4. The fourth-order valence-electron chi connectivity index (χ4n) is 2.99. The molecule has 24 heavy (non-hydrogen) atoms. The second kappa shape index (κ2) is 8.39. The summed E-state index contributed by atoms with van der Waals surface area (Å²) in [6.45, 7) is 2.08. The molecule has 0 spiro atoms. The molecule has 0 radical (unpaired) electrons. The van der Waals surface area contributed by atoms with Crippen LogP contribution in [0.1, 0.15) is 36.3 Å². The van der Waals surface area contributed by atoms with Gasteiger partial charge in [-0.25, -0.2) is 0 Å². The Labute approximate surface area is 143 Å². The van der Waals surface area contributed by atoms with E-state index < -0.39 is 0 Å². The molecule has 2 aromatic rings. The van der Waals surface area contributed by atoms with E-state index in [1.807, 2.05) is 48.5 Å². The molecule has 4 nitrogen and oxygen atoms in total. The van der Waals surface area contributed by atoms with E-state index in [1.165, 1.54) is 7.11 Å². The molecule has 0 aliphatic carbocycles. The van der Waals surface area contributed by atoms with Gasteiger partial charge in [0.1, 0.15) is 11.5 Å². The van der Waals surface area contributed by atoms with Crippen molar-refractivity contribution in [1.82, 2.24) is 0 Å². The molecule has 2 unspecified atom stereocenters. The van der Waals surface area contributed by atoms with Gasteiger partial charge in [-0.15, -0.1) is 0 Å². The Morgan fingerprint density at radius 1 is 0.833 bits per heavy atom. The summed E-state index contributed by atoms with van der Waals surface area (Å²) in [4.78, 5) is 12.5. The lowest BCUT2D eigenvalue weighted by molar-refractivity contribution is -0.143. The first-order valence-electron chi connectivity index (χ1n) is 8.00. The van der Waals surface area contributed by atoms with Crippen LogP contribution >= 0.6 is 0 Å². The van der Waals surface area contributed by atoms with Gasteiger partial charge in [0.25, 0.3) is 0 Å². The van der Waals surface area contributed by atoms with E-state index in [4.69, 9.17) is 14.2 Å². The van der Waals surface area contributed by atoms with Crippen LogP contribution in [-0.2, 0) is 9.53 Å². The molecule has 4 heteroatoms. The maximum Gasteiger partial charge on any atom is 0.313 e. The van der Waals surface area contributed by atoms with Crippen molar-refractivity contribution < 1.29 is 19.0 Å². The second-order valence-corrected chi connectivity index (χ2v) is 5.56. The summed E-state index contributed by atoms with van der Waals surface area (Å²) in [5.41, 5.74) is 2.01. The fourth-order valence-corrected chi connectivity index (χ4v) is 2.99. The average molecular weight is 328 g/mol. The third kappa shape index (κ3) is 3.88. The quantitative estimate of drug-likeness (QED) is 0.716. The van der Waals surface area contributed by atoms with Crippen LogP contribution in [0.5, 0.6) is 11.5 Å². The van der Waals surface area contributed by atoms with E-state index >= 15 is 0 Å². The van der Waals surface area contributed by atoms with Crippen LogP contribution < -0.4 is 9.47 Å². The summed E-state index contributed by atoms with van der Waals surface area (Å²) in [5, 5.41) is 0. The number of benzene rings is 2. The highest BCUT2D eigenvalue weighted by molar-refractivity contribution is 5.79. The highest BCUT2D eigenvalue weighted by Crippen LogP contribution is 2.37. The molecular weight excluding hydrogens is 304 g/mol. The lowest BCUT2D eigenvalue weighted by Crippen LogP contribution is -2.21. The van der Waals surface area contributed by atoms with Crippen molar-refractivity contribution in [3.8, 4) is 11.5 Å². The van der Waals surface area contributed by atoms with Gasteiger partial charge < -0.3 is 14.2 Å². The maximum absolute atomic E-state index is 12.5. The molecule has 0 saturated carbocycles. The van der Waals surface area contributed by atoms with E-state index in [-0.39, 0.29) is 17.8 Å². The van der Waals surface area contributed by atoms with Crippen LogP contribution in [0.3, 0.4) is 0 Å². The lowest BCUT2D eigenvalue weighted by atomic mass is 9.80. The van der Waals surface area contributed by atoms with Crippen molar-refractivity contribution in [3.05, 3.63) is 59.7 Å². The average Bonchev–Trinajstić information content (AvgIpc) is 2.65. The molecule has 2 rings (SSSR count). The minimum absolute atomic E-state index is 0.0248. The summed E-state index contributed by atoms with van der Waals surface area (Å²) in [5.74, 6) is 0.992. The number of esters is 1. The summed E-state index contributed by atoms with van der Waals surface area (Å²) >= 11 is 0. The van der Waals surface area contributed by atoms with Crippen LogP contribution in [0.15, 0.2) is 48.5 Å². The molecule has 2 atom stereocenters. The molecule has 0 aliphatic rings. The van der Waals surface area contributed by atoms with Crippen molar-refractivity contribution in [2.75, 3.05) is 21.3 Å². The first-order chi connectivity index (χ1) is 11.6. The maximum atomic E-state index is 12.5. The van der Waals surface area contributed by atoms with Gasteiger partial charge in [0.2, 0.25) is 0 Å². The van der Waals surface area contributed by atoms with Crippen LogP contribution in [-0.4, -0.2) is 27.3 Å². The molecule has 0 N–H and O–H groups in total. The highest BCUT2D eigenvalue weighted by Gasteiger charge is 2.31. The van der Waals surface area contributed by atoms with Crippen molar-refractivity contribution >= 4 is 5.97 Å². The number of methoxy groups -OCH3 is 3. The summed E-state index contributed by atoms with van der Waals surface area (Å²) in [6.07, 6.45) is 0.818. The largest absolute Gasteiger partial charge is 0.497 e. The Kier molecular flexibility index (Phi) is 6.24. The van der Waals surface area contributed by atoms with Crippen molar-refractivity contribution in [3.63, 3.8) is 0 Å². The van der Waals surface area contributed by atoms with Crippen LogP contribution in [0.2, 0.25) is 0 Å². The zero-order valence-corrected chi connectivity index (χ0v) is 14.6. The standard InChI is InChI=1S/C20H24O4/c1-5-18(14-6-10-16(22-2)11-7-14)19(20(21)24-4)15-8-12-17(23-3)13-9-15/h6-13,18-19H,5H2,1-4H3. The summed E-state index contributed by atoms with van der Waals surface area (Å²) < 4.78 is 15.5. The summed E-state index contributed by atoms with van der Waals surface area (Å²) in [7, 11) is 4.69. The van der Waals surface area contributed by atoms with Gasteiger partial charge >= 0.3 is 5.97 Å². The number of ether oxygens (including phenoxy) is 3. The zero-order valence-electron chi connectivity index (χ0n) is 14.6. The van der Waals surface area contributed by atoms with E-state index in [2.05, 4.69) is 6.92 Å². The Morgan fingerprint density at radius 3 is 1.67 bits per heavy atom. The Bertz CT molecular complexity index is 646. The lowest BCUT2D eigenvalue weighted by Gasteiger charge is -2.25. The normalized spacial score (nSPS) is 13.0. The number of hydrogen-bond acceptors (Lipinski definition) is 4. The van der Waals surface area contributed by atoms with Gasteiger partial charge in [-0.2, -0.15) is 0 Å². The minimum Gasteiger partial charge on any atom is -0.497 e. The van der Waals surface area contributed by atoms with Crippen molar-refractivity contribution in [1.29, 1.82) is 0 Å². The van der Waals surface area contributed by atoms with Crippen LogP contribution in [0.4, 0.5) is 0 Å². The van der Waals surface area contributed by atoms with Crippen molar-refractivity contribution in [2.45, 2.75) is 25.2 Å². The molecule has 0 saturated heterocycles. The molecule has 0 fully saturated rings. The van der Waals surface area contributed by atoms with E-state index in [0.717, 1.165) is 29.0 Å². The Hall–Kier alpha value is -2.49. The second-order valence-electron chi connectivity index (χ2n) is 5.56. The Morgan fingerprint density at radius 2 is 1.29 bits per heavy atom. The SMILES string of the molecule is CCC(c1ccc(OC)cc1)C(C(=O)OC)c1ccc(OC)cc1. The number of carbonyl (C=O) groups excluding carboxylic acids is 1. The van der Waals surface area contributed by atoms with E-state index in [0.29, 0.717) is 0 Å². The molecule has 0 aliphatic heterocycles. The van der Waals surface area contributed by atoms with Gasteiger partial charge in [0.15, 0.2) is 0 Å². The van der Waals surface area contributed by atoms with Crippen LogP contribution in [0.25, 0.3) is 0 Å². The van der Waals surface area contributed by atoms with Gasteiger partial charge in [-0.05, 0) is 41.8 Å². The smallest absolute Gasteiger partial charge is 0.313 e. The zero-order chi connectivity index (χ0) is 17.5. The number of carbonyl (C=O) groups is 1. The monoisotopic (exact) mass is 328 g/mol. The molecule has 0 heterocycles. The van der Waals surface area contributed by atoms with Gasteiger partial charge in [-0.3, -0.25) is 4.79 Å². The third-order valence-corrected chi connectivity index (χ3v) is 4.32. The van der Waals surface area contributed by atoms with E-state index in [9.17, 15) is 4.79 Å².